The second kappa shape index (κ2) is 7.78. The standard InChI is InChI=1S/C16H23ClN2O2/c1-21-10-14(18)16(20)19-15(11-4-2-3-5-11)12-6-8-13(17)9-7-12/h6-9,11,14-15H,2-5,10,18H2,1H3,(H,19,20). The summed E-state index contributed by atoms with van der Waals surface area (Å²) < 4.78 is 4.95. The number of ether oxygens (including phenoxy) is 1. The van der Waals surface area contributed by atoms with Crippen LogP contribution < -0.4 is 11.1 Å². The van der Waals surface area contributed by atoms with E-state index in [0.717, 1.165) is 18.4 Å². The van der Waals surface area contributed by atoms with E-state index in [2.05, 4.69) is 5.32 Å². The van der Waals surface area contributed by atoms with E-state index in [4.69, 9.17) is 22.1 Å². The molecule has 2 unspecified atom stereocenters. The van der Waals surface area contributed by atoms with Crippen molar-refractivity contribution >= 4 is 17.5 Å². The fourth-order valence-electron chi connectivity index (χ4n) is 2.95. The number of hydrogen-bond donors (Lipinski definition) is 2. The first-order valence-corrected chi connectivity index (χ1v) is 7.80. The number of carbonyl (C=O) groups excluding carboxylic acids is 1. The Morgan fingerprint density at radius 3 is 2.57 bits per heavy atom. The minimum absolute atomic E-state index is 0.000160. The lowest BCUT2D eigenvalue weighted by Crippen LogP contribution is -2.46. The molecule has 1 aliphatic rings. The van der Waals surface area contributed by atoms with Crippen molar-refractivity contribution in [3.63, 3.8) is 0 Å². The topological polar surface area (TPSA) is 64.3 Å². The second-order valence-electron chi connectivity index (χ2n) is 5.64. The zero-order chi connectivity index (χ0) is 15.2. The monoisotopic (exact) mass is 310 g/mol. The van der Waals surface area contributed by atoms with Crippen molar-refractivity contribution < 1.29 is 9.53 Å². The summed E-state index contributed by atoms with van der Waals surface area (Å²) >= 11 is 5.95. The van der Waals surface area contributed by atoms with Crippen LogP contribution in [0.5, 0.6) is 0 Å². The van der Waals surface area contributed by atoms with Crippen LogP contribution in [0, 0.1) is 5.92 Å². The van der Waals surface area contributed by atoms with Crippen molar-refractivity contribution in [2.75, 3.05) is 13.7 Å². The third kappa shape index (κ3) is 4.43. The SMILES string of the molecule is COCC(N)C(=O)NC(c1ccc(Cl)cc1)C1CCCC1. The molecule has 116 valence electrons. The summed E-state index contributed by atoms with van der Waals surface area (Å²) in [6, 6.07) is 7.05. The first kappa shape index (κ1) is 16.3. The highest BCUT2D eigenvalue weighted by Gasteiger charge is 2.29. The van der Waals surface area contributed by atoms with E-state index in [9.17, 15) is 4.79 Å². The molecule has 1 aromatic carbocycles. The summed E-state index contributed by atoms with van der Waals surface area (Å²) in [7, 11) is 1.54. The predicted octanol–water partition coefficient (Wildman–Crippen LogP) is 2.66. The van der Waals surface area contributed by atoms with Crippen molar-refractivity contribution in [2.45, 2.75) is 37.8 Å². The lowest BCUT2D eigenvalue weighted by molar-refractivity contribution is -0.124. The number of methoxy groups -OCH3 is 1. The van der Waals surface area contributed by atoms with Crippen LogP contribution in [0.4, 0.5) is 0 Å². The molecule has 0 aromatic heterocycles. The van der Waals surface area contributed by atoms with Crippen molar-refractivity contribution in [1.82, 2.24) is 5.32 Å². The molecule has 2 atom stereocenters. The van der Waals surface area contributed by atoms with Crippen molar-refractivity contribution in [1.29, 1.82) is 0 Å². The number of nitrogens with two attached hydrogens (primary N) is 1. The minimum Gasteiger partial charge on any atom is -0.383 e. The largest absolute Gasteiger partial charge is 0.383 e. The van der Waals surface area contributed by atoms with Crippen LogP contribution in [0.15, 0.2) is 24.3 Å². The summed E-state index contributed by atoms with van der Waals surface area (Å²) in [5.74, 6) is 0.300. The molecule has 2 rings (SSSR count). The second-order valence-corrected chi connectivity index (χ2v) is 6.08. The molecule has 1 aromatic rings. The van der Waals surface area contributed by atoms with Crippen LogP contribution in [0.2, 0.25) is 5.02 Å². The first-order valence-electron chi connectivity index (χ1n) is 7.42. The van der Waals surface area contributed by atoms with Gasteiger partial charge in [0.15, 0.2) is 0 Å². The van der Waals surface area contributed by atoms with E-state index >= 15 is 0 Å². The molecule has 1 aliphatic carbocycles. The first-order chi connectivity index (χ1) is 10.1. The summed E-state index contributed by atoms with van der Waals surface area (Å²) in [5.41, 5.74) is 6.91. The maximum Gasteiger partial charge on any atom is 0.239 e. The summed E-state index contributed by atoms with van der Waals surface area (Å²) in [4.78, 5) is 12.2. The van der Waals surface area contributed by atoms with Gasteiger partial charge in [0.2, 0.25) is 5.91 Å². The van der Waals surface area contributed by atoms with Crippen molar-refractivity contribution in [2.24, 2.45) is 11.7 Å². The molecule has 1 fully saturated rings. The molecule has 0 spiro atoms. The van der Waals surface area contributed by atoms with Gasteiger partial charge in [0, 0.05) is 12.1 Å². The van der Waals surface area contributed by atoms with Gasteiger partial charge >= 0.3 is 0 Å². The zero-order valence-electron chi connectivity index (χ0n) is 12.3. The average Bonchev–Trinajstić information content (AvgIpc) is 3.00. The van der Waals surface area contributed by atoms with Crippen molar-refractivity contribution in [3.8, 4) is 0 Å². The fraction of sp³-hybridized carbons (Fsp3) is 0.562. The van der Waals surface area contributed by atoms with Gasteiger partial charge in [-0.1, -0.05) is 36.6 Å². The minimum atomic E-state index is -0.633. The number of benzene rings is 1. The Bertz CT molecular complexity index is 458. The lowest BCUT2D eigenvalue weighted by Gasteiger charge is -2.26. The van der Waals surface area contributed by atoms with E-state index in [1.54, 1.807) is 7.11 Å². The van der Waals surface area contributed by atoms with Gasteiger partial charge in [-0.3, -0.25) is 4.79 Å². The smallest absolute Gasteiger partial charge is 0.239 e. The van der Waals surface area contributed by atoms with Gasteiger partial charge < -0.3 is 15.8 Å². The number of carbonyl (C=O) groups is 1. The van der Waals surface area contributed by atoms with Crippen LogP contribution in [0.3, 0.4) is 0 Å². The van der Waals surface area contributed by atoms with Gasteiger partial charge in [-0.25, -0.2) is 0 Å². The molecular weight excluding hydrogens is 288 g/mol. The Labute approximate surface area is 131 Å². The highest BCUT2D eigenvalue weighted by atomic mass is 35.5. The molecular formula is C16H23ClN2O2. The predicted molar refractivity (Wildman–Crippen MR) is 84.1 cm³/mol. The Balaban J connectivity index is 2.12. The van der Waals surface area contributed by atoms with E-state index in [-0.39, 0.29) is 18.6 Å². The fourth-order valence-corrected chi connectivity index (χ4v) is 3.08. The number of amides is 1. The van der Waals surface area contributed by atoms with Crippen LogP contribution >= 0.6 is 11.6 Å². The highest BCUT2D eigenvalue weighted by Crippen LogP contribution is 2.36. The molecule has 0 bridgehead atoms. The number of rotatable bonds is 6. The van der Waals surface area contributed by atoms with Gasteiger partial charge in [-0.05, 0) is 36.5 Å². The van der Waals surface area contributed by atoms with Gasteiger partial charge in [-0.2, -0.15) is 0 Å². The van der Waals surface area contributed by atoms with E-state index in [0.29, 0.717) is 10.9 Å². The van der Waals surface area contributed by atoms with Gasteiger partial charge in [-0.15, -0.1) is 0 Å². The molecule has 0 heterocycles. The van der Waals surface area contributed by atoms with Crippen LogP contribution in [0.25, 0.3) is 0 Å². The van der Waals surface area contributed by atoms with E-state index in [1.165, 1.54) is 12.8 Å². The van der Waals surface area contributed by atoms with Gasteiger partial charge in [0.1, 0.15) is 6.04 Å². The Morgan fingerprint density at radius 1 is 1.38 bits per heavy atom. The molecule has 1 saturated carbocycles. The highest BCUT2D eigenvalue weighted by molar-refractivity contribution is 6.30. The van der Waals surface area contributed by atoms with Crippen LogP contribution in [-0.4, -0.2) is 25.7 Å². The molecule has 0 saturated heterocycles. The molecule has 3 N–H and O–H groups in total. The normalized spacial score (nSPS) is 18.4. The van der Waals surface area contributed by atoms with E-state index < -0.39 is 6.04 Å². The number of hydrogen-bond acceptors (Lipinski definition) is 3. The average molecular weight is 311 g/mol. The molecule has 0 aliphatic heterocycles. The maximum atomic E-state index is 12.2. The molecule has 4 nitrogen and oxygen atoms in total. The third-order valence-corrected chi connectivity index (χ3v) is 4.33. The summed E-state index contributed by atoms with van der Waals surface area (Å²) in [6.07, 6.45) is 4.70. The molecule has 1 amide bonds. The Morgan fingerprint density at radius 2 is 2.00 bits per heavy atom. The van der Waals surface area contributed by atoms with Crippen molar-refractivity contribution in [3.05, 3.63) is 34.9 Å². The number of halogens is 1. The maximum absolute atomic E-state index is 12.2. The zero-order valence-corrected chi connectivity index (χ0v) is 13.1. The van der Waals surface area contributed by atoms with E-state index in [1.807, 2.05) is 24.3 Å². The Hall–Kier alpha value is -1.10. The van der Waals surface area contributed by atoms with Gasteiger partial charge in [0.25, 0.3) is 0 Å². The van der Waals surface area contributed by atoms with Crippen LogP contribution in [-0.2, 0) is 9.53 Å². The summed E-state index contributed by atoms with van der Waals surface area (Å²) in [5, 5.41) is 3.79. The lowest BCUT2D eigenvalue weighted by atomic mass is 9.91. The summed E-state index contributed by atoms with van der Waals surface area (Å²) in [6.45, 7) is 0.226. The Kier molecular flexibility index (Phi) is 6.03. The third-order valence-electron chi connectivity index (χ3n) is 4.08. The van der Waals surface area contributed by atoms with Gasteiger partial charge in [0.05, 0.1) is 12.6 Å². The quantitative estimate of drug-likeness (QED) is 0.849. The molecule has 0 radical (unpaired) electrons. The number of nitrogens with one attached hydrogen (secondary N) is 1. The molecule has 5 heteroatoms. The molecule has 21 heavy (non-hydrogen) atoms. The van der Waals surface area contributed by atoms with Crippen LogP contribution in [0.1, 0.15) is 37.3 Å².